The largest absolute Gasteiger partial charge is 0.494 e. The molecule has 0 amide bonds. The van der Waals surface area contributed by atoms with Crippen LogP contribution in [0.1, 0.15) is 34.8 Å². The van der Waals surface area contributed by atoms with Crippen LogP contribution in [0.2, 0.25) is 0 Å². The van der Waals surface area contributed by atoms with E-state index in [0.29, 0.717) is 11.6 Å². The molecule has 0 saturated heterocycles. The number of hydrogen-bond donors (Lipinski definition) is 0. The van der Waals surface area contributed by atoms with Crippen molar-refractivity contribution in [3.8, 4) is 17.0 Å². The maximum Gasteiger partial charge on any atom is 0.188 e. The average Bonchev–Trinajstić information content (AvgIpc) is 2.83. The second-order valence-electron chi connectivity index (χ2n) is 4.46. The first-order chi connectivity index (χ1) is 9.02. The van der Waals surface area contributed by atoms with Crippen LogP contribution in [-0.2, 0) is 0 Å². The summed E-state index contributed by atoms with van der Waals surface area (Å²) in [6.45, 7) is 8.22. The lowest BCUT2D eigenvalue weighted by molar-refractivity contribution is 0.101. The van der Waals surface area contributed by atoms with Crippen LogP contribution in [0.4, 0.5) is 0 Å². The monoisotopic (exact) mass is 275 g/mol. The van der Waals surface area contributed by atoms with Crippen LogP contribution in [0.15, 0.2) is 17.5 Å². The molecular weight excluding hydrogens is 258 g/mol. The summed E-state index contributed by atoms with van der Waals surface area (Å²) in [4.78, 5) is 15.7. The first-order valence-electron chi connectivity index (χ1n) is 6.23. The number of hydrogen-bond acceptors (Lipinski definition) is 4. The highest BCUT2D eigenvalue weighted by Crippen LogP contribution is 2.31. The van der Waals surface area contributed by atoms with Gasteiger partial charge in [-0.1, -0.05) is 0 Å². The third kappa shape index (κ3) is 2.84. The van der Waals surface area contributed by atoms with E-state index in [1.165, 1.54) is 11.3 Å². The SMILES string of the molecule is CCOc1cc(C)c(-c2csc(C(C)=O)n2)cc1C. The summed E-state index contributed by atoms with van der Waals surface area (Å²) in [5.41, 5.74) is 4.11. The number of carbonyl (C=O) groups excluding carboxylic acids is 1. The highest BCUT2D eigenvalue weighted by molar-refractivity contribution is 7.12. The molecule has 0 aliphatic carbocycles. The lowest BCUT2D eigenvalue weighted by Gasteiger charge is -2.11. The standard InChI is InChI=1S/C15H17NO2S/c1-5-18-14-7-9(2)12(6-10(14)3)13-8-19-15(16-13)11(4)17/h6-8H,5H2,1-4H3. The van der Waals surface area contributed by atoms with Crippen molar-refractivity contribution in [1.29, 1.82) is 0 Å². The number of aryl methyl sites for hydroxylation is 2. The Morgan fingerprint density at radius 2 is 2.05 bits per heavy atom. The van der Waals surface area contributed by atoms with Crippen molar-refractivity contribution in [2.24, 2.45) is 0 Å². The molecule has 0 saturated carbocycles. The van der Waals surface area contributed by atoms with Gasteiger partial charge < -0.3 is 4.74 Å². The predicted molar refractivity (Wildman–Crippen MR) is 78.2 cm³/mol. The fourth-order valence-electron chi connectivity index (χ4n) is 1.94. The van der Waals surface area contributed by atoms with Gasteiger partial charge in [0.2, 0.25) is 0 Å². The molecule has 0 aliphatic rings. The number of Topliss-reactive ketones (excluding diaryl/α,β-unsaturated/α-hetero) is 1. The Balaban J connectivity index is 2.44. The molecule has 0 radical (unpaired) electrons. The van der Waals surface area contributed by atoms with Crippen LogP contribution < -0.4 is 4.74 Å². The number of thiazole rings is 1. The summed E-state index contributed by atoms with van der Waals surface area (Å²) >= 11 is 1.39. The van der Waals surface area contributed by atoms with Crippen molar-refractivity contribution < 1.29 is 9.53 Å². The highest BCUT2D eigenvalue weighted by Gasteiger charge is 2.12. The Morgan fingerprint density at radius 1 is 1.32 bits per heavy atom. The topological polar surface area (TPSA) is 39.2 Å². The van der Waals surface area contributed by atoms with Crippen molar-refractivity contribution in [2.45, 2.75) is 27.7 Å². The molecule has 0 atom stereocenters. The number of rotatable bonds is 4. The molecule has 0 bridgehead atoms. The minimum absolute atomic E-state index is 0.0107. The van der Waals surface area contributed by atoms with Gasteiger partial charge in [0.05, 0.1) is 12.3 Å². The molecule has 0 spiro atoms. The van der Waals surface area contributed by atoms with Gasteiger partial charge in [0.1, 0.15) is 5.75 Å². The third-order valence-corrected chi connectivity index (χ3v) is 3.85. The number of carbonyl (C=O) groups is 1. The molecule has 1 heterocycles. The van der Waals surface area contributed by atoms with Gasteiger partial charge in [0.15, 0.2) is 10.8 Å². The zero-order valence-electron chi connectivity index (χ0n) is 11.6. The molecule has 100 valence electrons. The van der Waals surface area contributed by atoms with Crippen LogP contribution >= 0.6 is 11.3 Å². The zero-order chi connectivity index (χ0) is 14.0. The average molecular weight is 275 g/mol. The maximum atomic E-state index is 11.3. The number of aromatic nitrogens is 1. The lowest BCUT2D eigenvalue weighted by atomic mass is 10.0. The second-order valence-corrected chi connectivity index (χ2v) is 5.32. The number of benzene rings is 1. The third-order valence-electron chi connectivity index (χ3n) is 2.90. The Kier molecular flexibility index (Phi) is 4.00. The molecular formula is C15H17NO2S. The van der Waals surface area contributed by atoms with Gasteiger partial charge >= 0.3 is 0 Å². The zero-order valence-corrected chi connectivity index (χ0v) is 12.4. The van der Waals surface area contributed by atoms with Crippen LogP contribution in [0.25, 0.3) is 11.3 Å². The minimum atomic E-state index is 0.0107. The van der Waals surface area contributed by atoms with E-state index >= 15 is 0 Å². The van der Waals surface area contributed by atoms with Crippen molar-refractivity contribution in [1.82, 2.24) is 4.98 Å². The minimum Gasteiger partial charge on any atom is -0.494 e. The van der Waals surface area contributed by atoms with Gasteiger partial charge in [-0.25, -0.2) is 4.98 Å². The fourth-order valence-corrected chi connectivity index (χ4v) is 2.66. The smallest absolute Gasteiger partial charge is 0.188 e. The summed E-state index contributed by atoms with van der Waals surface area (Å²) in [6, 6.07) is 4.10. The summed E-state index contributed by atoms with van der Waals surface area (Å²) < 4.78 is 5.58. The molecule has 3 nitrogen and oxygen atoms in total. The van der Waals surface area contributed by atoms with E-state index in [4.69, 9.17) is 4.74 Å². The number of ether oxygens (including phenoxy) is 1. The summed E-state index contributed by atoms with van der Waals surface area (Å²) in [5.74, 6) is 0.919. The fraction of sp³-hybridized carbons (Fsp3) is 0.333. The Morgan fingerprint density at radius 3 is 2.63 bits per heavy atom. The molecule has 0 fully saturated rings. The molecule has 4 heteroatoms. The van der Waals surface area contributed by atoms with E-state index in [1.54, 1.807) is 6.92 Å². The van der Waals surface area contributed by atoms with Crippen LogP contribution in [0.5, 0.6) is 5.75 Å². The summed E-state index contributed by atoms with van der Waals surface area (Å²) in [5, 5.41) is 2.49. The summed E-state index contributed by atoms with van der Waals surface area (Å²) in [7, 11) is 0. The quantitative estimate of drug-likeness (QED) is 0.791. The second kappa shape index (κ2) is 5.53. The number of ketones is 1. The van der Waals surface area contributed by atoms with Gasteiger partial charge in [-0.2, -0.15) is 0 Å². The van der Waals surface area contributed by atoms with Gasteiger partial charge in [-0.15, -0.1) is 11.3 Å². The first kappa shape index (κ1) is 13.7. The Bertz CT molecular complexity index is 617. The van der Waals surface area contributed by atoms with Crippen LogP contribution in [0.3, 0.4) is 0 Å². The predicted octanol–water partition coefficient (Wildman–Crippen LogP) is 4.03. The van der Waals surface area contributed by atoms with Crippen LogP contribution in [0, 0.1) is 13.8 Å². The van der Waals surface area contributed by atoms with Crippen molar-refractivity contribution in [3.05, 3.63) is 33.6 Å². The van der Waals surface area contributed by atoms with Gasteiger partial charge in [0.25, 0.3) is 0 Å². The first-order valence-corrected chi connectivity index (χ1v) is 7.11. The lowest BCUT2D eigenvalue weighted by Crippen LogP contribution is -1.96. The molecule has 2 rings (SSSR count). The molecule has 1 aromatic heterocycles. The maximum absolute atomic E-state index is 11.3. The van der Waals surface area contributed by atoms with Crippen molar-refractivity contribution in [2.75, 3.05) is 6.61 Å². The molecule has 2 aromatic rings. The van der Waals surface area contributed by atoms with Crippen molar-refractivity contribution >= 4 is 17.1 Å². The van der Waals surface area contributed by atoms with E-state index in [9.17, 15) is 4.79 Å². The molecule has 1 aromatic carbocycles. The van der Waals surface area contributed by atoms with E-state index in [1.807, 2.05) is 32.2 Å². The molecule has 0 aliphatic heterocycles. The number of nitrogens with zero attached hydrogens (tertiary/aromatic N) is 1. The van der Waals surface area contributed by atoms with Gasteiger partial charge in [-0.3, -0.25) is 4.79 Å². The normalized spacial score (nSPS) is 10.5. The molecule has 0 unspecified atom stereocenters. The van der Waals surface area contributed by atoms with E-state index < -0.39 is 0 Å². The molecule has 19 heavy (non-hydrogen) atoms. The Labute approximate surface area is 117 Å². The van der Waals surface area contributed by atoms with E-state index in [0.717, 1.165) is 28.1 Å². The van der Waals surface area contributed by atoms with E-state index in [2.05, 4.69) is 11.1 Å². The molecule has 0 N–H and O–H groups in total. The van der Waals surface area contributed by atoms with Gasteiger partial charge in [0, 0.05) is 17.9 Å². The van der Waals surface area contributed by atoms with E-state index in [-0.39, 0.29) is 5.78 Å². The summed E-state index contributed by atoms with van der Waals surface area (Å²) in [6.07, 6.45) is 0. The highest BCUT2D eigenvalue weighted by atomic mass is 32.1. The van der Waals surface area contributed by atoms with Crippen LogP contribution in [-0.4, -0.2) is 17.4 Å². The Hall–Kier alpha value is -1.68. The van der Waals surface area contributed by atoms with Crippen molar-refractivity contribution in [3.63, 3.8) is 0 Å². The van der Waals surface area contributed by atoms with Gasteiger partial charge in [-0.05, 0) is 44.0 Å².